The predicted molar refractivity (Wildman–Crippen MR) is 24.5 cm³/mol. The van der Waals surface area contributed by atoms with E-state index in [1.165, 1.54) is 21.6 Å². The van der Waals surface area contributed by atoms with Gasteiger partial charge < -0.3 is 0 Å². The summed E-state index contributed by atoms with van der Waals surface area (Å²) >= 11 is 0. The monoisotopic (exact) mass is 84.0 g/mol. The molecule has 1 heteroatoms. The van der Waals surface area contributed by atoms with E-state index < -0.39 is 0 Å². The lowest BCUT2D eigenvalue weighted by Crippen LogP contribution is -2.12. The van der Waals surface area contributed by atoms with Gasteiger partial charge in [0.25, 0.3) is 0 Å². The van der Waals surface area contributed by atoms with Gasteiger partial charge in [0.1, 0.15) is 0 Å². The maximum absolute atomic E-state index is 2.32. The summed E-state index contributed by atoms with van der Waals surface area (Å²) in [6.07, 6.45) is 0. The molecule has 1 saturated heterocycles. The molecule has 0 atom stereocenters. The molecule has 2 radical (unpaired) electrons. The summed E-state index contributed by atoms with van der Waals surface area (Å²) in [5.41, 5.74) is 0. The number of rotatable bonds is 0. The Morgan fingerprint density at radius 1 is 1.60 bits per heavy atom. The first-order valence-electron chi connectivity index (χ1n) is 2.10. The molecule has 1 rings (SSSR count). The Balaban J connectivity index is 2.08. The molecule has 0 saturated carbocycles. The van der Waals surface area contributed by atoms with Crippen LogP contribution < -0.4 is 0 Å². The van der Waals surface area contributed by atoms with Crippen LogP contribution in [-0.4, -0.2) is 9.52 Å². The molecule has 0 N–H and O–H groups in total. The molecule has 0 aromatic rings. The lowest BCUT2D eigenvalue weighted by Gasteiger charge is -2.17. The molecule has 0 nitrogen and oxygen atoms in total. The Kier molecular flexibility index (Phi) is 0.770. The van der Waals surface area contributed by atoms with Gasteiger partial charge in [0, 0.05) is 9.52 Å². The topological polar surface area (TPSA) is 0 Å². The van der Waals surface area contributed by atoms with Crippen LogP contribution in [-0.2, 0) is 0 Å². The lowest BCUT2D eigenvalue weighted by molar-refractivity contribution is 0.666. The molecule has 0 bridgehead atoms. The van der Waals surface area contributed by atoms with Crippen LogP contribution in [0.15, 0.2) is 0 Å². The first-order chi connectivity index (χ1) is 2.39. The summed E-state index contributed by atoms with van der Waals surface area (Å²) in [5.74, 6) is 1.08. The van der Waals surface area contributed by atoms with Gasteiger partial charge >= 0.3 is 0 Å². The molecule has 1 fully saturated rings. The van der Waals surface area contributed by atoms with Crippen LogP contribution in [0.25, 0.3) is 0 Å². The van der Waals surface area contributed by atoms with Crippen molar-refractivity contribution >= 4 is 9.52 Å². The quantitative estimate of drug-likeness (QED) is 0.387. The summed E-state index contributed by atoms with van der Waals surface area (Å²) in [6.45, 7) is 2.32. The molecule has 0 aromatic heterocycles. The second-order valence-corrected chi connectivity index (χ2v) is 3.08. The second kappa shape index (κ2) is 1.13. The van der Waals surface area contributed by atoms with Crippen molar-refractivity contribution in [3.63, 3.8) is 0 Å². The van der Waals surface area contributed by atoms with Gasteiger partial charge in [-0.25, -0.2) is 0 Å². The Morgan fingerprint density at radius 3 is 2.00 bits per heavy atom. The van der Waals surface area contributed by atoms with Gasteiger partial charge in [-0.2, -0.15) is 0 Å². The van der Waals surface area contributed by atoms with Crippen LogP contribution in [0.2, 0.25) is 12.1 Å². The Hall–Kier alpha value is 0.217. The Bertz CT molecular complexity index is 30.6. The fourth-order valence-corrected chi connectivity index (χ4v) is 1.30. The molecule has 0 unspecified atom stereocenters. The fourth-order valence-electron chi connectivity index (χ4n) is 0.433. The van der Waals surface area contributed by atoms with Crippen LogP contribution in [0.3, 0.4) is 0 Å². The molecular weight excluding hydrogens is 76.1 g/mol. The van der Waals surface area contributed by atoms with Gasteiger partial charge in [0.2, 0.25) is 0 Å². The summed E-state index contributed by atoms with van der Waals surface area (Å²) in [5, 5.41) is 0. The standard InChI is InChI=1S/C4H8Si/c1-4-2-5-3-4/h4H,2-3H2,1H3. The number of hydrogen-bond acceptors (Lipinski definition) is 0. The molecule has 1 aliphatic heterocycles. The Labute approximate surface area is 35.4 Å². The molecular formula is C4H8Si. The van der Waals surface area contributed by atoms with Gasteiger partial charge in [0.05, 0.1) is 0 Å². The van der Waals surface area contributed by atoms with E-state index in [1.807, 2.05) is 0 Å². The van der Waals surface area contributed by atoms with Crippen LogP contribution in [0.5, 0.6) is 0 Å². The van der Waals surface area contributed by atoms with E-state index >= 15 is 0 Å². The zero-order valence-corrected chi connectivity index (χ0v) is 4.49. The highest BCUT2D eigenvalue weighted by atomic mass is 28.2. The third kappa shape index (κ3) is 0.536. The molecule has 1 aliphatic rings. The normalized spacial score (nSPS) is 25.8. The van der Waals surface area contributed by atoms with Gasteiger partial charge in [0.15, 0.2) is 0 Å². The Morgan fingerprint density at radius 2 is 2.00 bits per heavy atom. The summed E-state index contributed by atoms with van der Waals surface area (Å²) < 4.78 is 0. The minimum atomic E-state index is 1.08. The zero-order chi connectivity index (χ0) is 3.70. The van der Waals surface area contributed by atoms with Crippen LogP contribution >= 0.6 is 0 Å². The minimum absolute atomic E-state index is 1.08. The number of hydrogen-bond donors (Lipinski definition) is 0. The van der Waals surface area contributed by atoms with Crippen molar-refractivity contribution < 1.29 is 0 Å². The molecule has 0 amide bonds. The van der Waals surface area contributed by atoms with E-state index in [-0.39, 0.29) is 0 Å². The molecule has 0 aliphatic carbocycles. The van der Waals surface area contributed by atoms with E-state index in [9.17, 15) is 0 Å². The van der Waals surface area contributed by atoms with Gasteiger partial charge in [-0.3, -0.25) is 0 Å². The molecule has 0 spiro atoms. The minimum Gasteiger partial charge on any atom is -0.0631 e. The van der Waals surface area contributed by atoms with Crippen LogP contribution in [0, 0.1) is 5.92 Å². The maximum atomic E-state index is 2.32. The maximum Gasteiger partial charge on any atom is 0.0383 e. The van der Waals surface area contributed by atoms with Crippen LogP contribution in [0.4, 0.5) is 0 Å². The summed E-state index contributed by atoms with van der Waals surface area (Å²) in [6, 6.07) is 3.03. The van der Waals surface area contributed by atoms with E-state index in [0.29, 0.717) is 0 Å². The largest absolute Gasteiger partial charge is 0.0631 e. The summed E-state index contributed by atoms with van der Waals surface area (Å²) in [4.78, 5) is 0. The third-order valence-corrected chi connectivity index (χ3v) is 2.96. The van der Waals surface area contributed by atoms with Gasteiger partial charge in [-0.1, -0.05) is 19.0 Å². The highest BCUT2D eigenvalue weighted by molar-refractivity contribution is 6.39. The van der Waals surface area contributed by atoms with Crippen molar-refractivity contribution in [1.82, 2.24) is 0 Å². The van der Waals surface area contributed by atoms with Crippen molar-refractivity contribution in [2.24, 2.45) is 5.92 Å². The highest BCUT2D eigenvalue weighted by Gasteiger charge is 2.10. The zero-order valence-electron chi connectivity index (χ0n) is 3.49. The lowest BCUT2D eigenvalue weighted by atomic mass is 10.2. The first kappa shape index (κ1) is 3.41. The van der Waals surface area contributed by atoms with Gasteiger partial charge in [-0.05, 0) is 5.92 Å². The van der Waals surface area contributed by atoms with Crippen molar-refractivity contribution in [1.29, 1.82) is 0 Å². The van der Waals surface area contributed by atoms with Crippen molar-refractivity contribution in [3.05, 3.63) is 0 Å². The average Bonchev–Trinajstić information content (AvgIpc) is 1.30. The van der Waals surface area contributed by atoms with Crippen molar-refractivity contribution in [2.45, 2.75) is 19.0 Å². The summed E-state index contributed by atoms with van der Waals surface area (Å²) in [7, 11) is 1.30. The SMILES string of the molecule is CC1C[Si]C1. The van der Waals surface area contributed by atoms with E-state index in [4.69, 9.17) is 0 Å². The van der Waals surface area contributed by atoms with E-state index in [0.717, 1.165) is 5.92 Å². The van der Waals surface area contributed by atoms with E-state index in [2.05, 4.69) is 6.92 Å². The predicted octanol–water partition coefficient (Wildman–Crippen LogP) is 1.18. The molecule has 5 heavy (non-hydrogen) atoms. The molecule has 28 valence electrons. The third-order valence-electron chi connectivity index (χ3n) is 0.986. The van der Waals surface area contributed by atoms with Crippen molar-refractivity contribution in [3.8, 4) is 0 Å². The first-order valence-corrected chi connectivity index (χ1v) is 3.52. The van der Waals surface area contributed by atoms with Crippen LogP contribution in [0.1, 0.15) is 6.92 Å². The van der Waals surface area contributed by atoms with Gasteiger partial charge in [-0.15, -0.1) is 0 Å². The molecule has 1 heterocycles. The van der Waals surface area contributed by atoms with Crippen molar-refractivity contribution in [2.75, 3.05) is 0 Å². The van der Waals surface area contributed by atoms with E-state index in [1.54, 1.807) is 0 Å². The second-order valence-electron chi connectivity index (χ2n) is 1.76. The molecule has 0 aromatic carbocycles. The smallest absolute Gasteiger partial charge is 0.0383 e. The average molecular weight is 84.2 g/mol. The highest BCUT2D eigenvalue weighted by Crippen LogP contribution is 2.18. The fraction of sp³-hybridized carbons (Fsp3) is 1.00.